The summed E-state index contributed by atoms with van der Waals surface area (Å²) in [4.78, 5) is 0. The van der Waals surface area contributed by atoms with Crippen LogP contribution in [0.1, 0.15) is 0 Å². The van der Waals surface area contributed by atoms with Crippen LogP contribution in [0.3, 0.4) is 0 Å². The second-order valence-corrected chi connectivity index (χ2v) is 11.9. The Morgan fingerprint density at radius 2 is 0.892 bits per heavy atom. The summed E-state index contributed by atoms with van der Waals surface area (Å²) in [5.74, 6) is 0. The van der Waals surface area contributed by atoms with Crippen LogP contribution in [0.15, 0.2) is 133 Å². The minimum atomic E-state index is 0.315. The average Bonchev–Trinajstić information content (AvgIpc) is 3.36. The molecule has 0 radical (unpaired) electrons. The molecule has 0 saturated heterocycles. The van der Waals surface area contributed by atoms with Crippen LogP contribution in [-0.4, -0.2) is 14.5 Å². The molecule has 1 heterocycles. The molecule has 0 atom stereocenters. The van der Waals surface area contributed by atoms with Gasteiger partial charge in [0.05, 0.1) is 0 Å². The first-order chi connectivity index (χ1) is 18.4. The Morgan fingerprint density at radius 3 is 1.62 bits per heavy atom. The van der Waals surface area contributed by atoms with E-state index in [0.717, 1.165) is 0 Å². The van der Waals surface area contributed by atoms with Crippen molar-refractivity contribution in [2.75, 3.05) is 0 Å². The fraction of sp³-hybridized carbons (Fsp3) is 0. The van der Waals surface area contributed by atoms with E-state index in [9.17, 15) is 0 Å². The Hall–Kier alpha value is -4.16. The molecule has 1 aromatic heterocycles. The summed E-state index contributed by atoms with van der Waals surface area (Å²) in [5, 5.41) is 10.7. The normalized spacial score (nSPS) is 11.8. The van der Waals surface area contributed by atoms with E-state index in [0.29, 0.717) is 14.5 Å². The van der Waals surface area contributed by atoms with Gasteiger partial charge in [0.15, 0.2) is 0 Å². The number of hydrogen-bond acceptors (Lipinski definition) is 0. The molecule has 0 saturated carbocycles. The van der Waals surface area contributed by atoms with Crippen LogP contribution in [0.4, 0.5) is 0 Å². The van der Waals surface area contributed by atoms with Crippen molar-refractivity contribution in [3.05, 3.63) is 133 Å². The first-order valence-electron chi connectivity index (χ1n) is 12.7. The van der Waals surface area contributed by atoms with E-state index in [1.807, 2.05) is 0 Å². The van der Waals surface area contributed by atoms with Gasteiger partial charge in [-0.05, 0) is 0 Å². The van der Waals surface area contributed by atoms with Crippen LogP contribution in [0.25, 0.3) is 73.9 Å². The maximum absolute atomic E-state index is 2.37. The summed E-state index contributed by atoms with van der Waals surface area (Å²) < 4.78 is 2.96. The van der Waals surface area contributed by atoms with Crippen molar-refractivity contribution in [1.29, 1.82) is 0 Å². The summed E-state index contributed by atoms with van der Waals surface area (Å²) >= 11 is 0.315. The first-order valence-corrected chi connectivity index (χ1v) is 14.4. The molecule has 0 bridgehead atoms. The summed E-state index contributed by atoms with van der Waals surface area (Å²) in [6.07, 6.45) is 0. The summed E-state index contributed by atoms with van der Waals surface area (Å²) in [6.45, 7) is 0. The molecule has 0 aliphatic rings. The fourth-order valence-electron chi connectivity index (χ4n) is 6.12. The molecule has 8 aromatic rings. The van der Waals surface area contributed by atoms with Crippen LogP contribution in [0.5, 0.6) is 0 Å². The molecule has 0 nitrogen and oxygen atoms in total. The molecular weight excluding hydrogens is 511 g/mol. The van der Waals surface area contributed by atoms with Gasteiger partial charge in [-0.25, -0.2) is 0 Å². The molecule has 7 aromatic carbocycles. The molecule has 0 fully saturated rings. The first kappa shape index (κ1) is 21.0. The van der Waals surface area contributed by atoms with E-state index < -0.39 is 0 Å². The van der Waals surface area contributed by atoms with Gasteiger partial charge in [0.25, 0.3) is 0 Å². The maximum atomic E-state index is 2.37. The Bertz CT molecular complexity index is 2090. The third kappa shape index (κ3) is 3.09. The van der Waals surface area contributed by atoms with Crippen LogP contribution < -0.4 is 0 Å². The summed E-state index contributed by atoms with van der Waals surface area (Å²) in [7, 11) is 0. The van der Waals surface area contributed by atoms with Crippen molar-refractivity contribution < 1.29 is 0 Å². The summed E-state index contributed by atoms with van der Waals surface area (Å²) in [5.41, 5.74) is 5.25. The average molecular weight is 534 g/mol. The van der Waals surface area contributed by atoms with E-state index in [1.165, 1.54) is 73.9 Å². The number of benzene rings is 7. The van der Waals surface area contributed by atoms with E-state index in [1.54, 1.807) is 0 Å². The van der Waals surface area contributed by atoms with Crippen molar-refractivity contribution >= 4 is 66.1 Å². The molecule has 0 spiro atoms. The third-order valence-electron chi connectivity index (χ3n) is 7.67. The van der Waals surface area contributed by atoms with Gasteiger partial charge in [0.1, 0.15) is 0 Å². The number of fused-ring (bicyclic) bond motifs is 9. The fourth-order valence-corrected chi connectivity index (χ4v) is 8.46. The van der Waals surface area contributed by atoms with Gasteiger partial charge in [0.2, 0.25) is 0 Å². The van der Waals surface area contributed by atoms with E-state index in [4.69, 9.17) is 0 Å². The SMILES string of the molecule is c1ccc(-c2ccc3[se]c4ccccc4c3c2-c2cccc3c4ccccc4c4ccccc4c23)cc1. The standard InChI is InChI=1S/C36H22Se/c1-2-11-23(12-3-1)24-21-22-33-36(30-17-8-9-20-32(30)37-33)35(24)31-19-10-18-29-27-14-5-4-13-25(27)26-15-6-7-16-28(26)34(29)31/h1-22H. The number of rotatable bonds is 2. The third-order valence-corrected chi connectivity index (χ3v) is 10.0. The van der Waals surface area contributed by atoms with Crippen molar-refractivity contribution in [2.24, 2.45) is 0 Å². The zero-order valence-corrected chi connectivity index (χ0v) is 21.8. The second-order valence-electron chi connectivity index (χ2n) is 9.64. The van der Waals surface area contributed by atoms with Gasteiger partial charge in [-0.15, -0.1) is 0 Å². The van der Waals surface area contributed by atoms with Gasteiger partial charge in [-0.3, -0.25) is 0 Å². The minimum absolute atomic E-state index is 0.315. The van der Waals surface area contributed by atoms with Crippen LogP contribution >= 0.6 is 0 Å². The van der Waals surface area contributed by atoms with Crippen LogP contribution in [-0.2, 0) is 0 Å². The summed E-state index contributed by atoms with van der Waals surface area (Å²) in [6, 6.07) is 49.3. The molecular formula is C36H22Se. The Balaban J connectivity index is 1.64. The topological polar surface area (TPSA) is 0 Å². The molecule has 8 rings (SSSR count). The Kier molecular flexibility index (Phi) is 4.64. The molecule has 0 N–H and O–H groups in total. The van der Waals surface area contributed by atoms with Crippen LogP contribution in [0.2, 0.25) is 0 Å². The van der Waals surface area contributed by atoms with Gasteiger partial charge in [0, 0.05) is 0 Å². The van der Waals surface area contributed by atoms with Crippen molar-refractivity contribution in [3.63, 3.8) is 0 Å². The monoisotopic (exact) mass is 534 g/mol. The van der Waals surface area contributed by atoms with Crippen molar-refractivity contribution in [1.82, 2.24) is 0 Å². The molecule has 0 aliphatic heterocycles. The van der Waals surface area contributed by atoms with E-state index >= 15 is 0 Å². The zero-order chi connectivity index (χ0) is 24.3. The molecule has 172 valence electrons. The van der Waals surface area contributed by atoms with Gasteiger partial charge < -0.3 is 0 Å². The molecule has 0 unspecified atom stereocenters. The molecule has 0 aliphatic carbocycles. The van der Waals surface area contributed by atoms with Crippen LogP contribution in [0, 0.1) is 0 Å². The number of hydrogen-bond donors (Lipinski definition) is 0. The van der Waals surface area contributed by atoms with E-state index in [2.05, 4.69) is 133 Å². The predicted molar refractivity (Wildman–Crippen MR) is 162 cm³/mol. The zero-order valence-electron chi connectivity index (χ0n) is 20.1. The van der Waals surface area contributed by atoms with Gasteiger partial charge >= 0.3 is 222 Å². The predicted octanol–water partition coefficient (Wildman–Crippen LogP) is 9.84. The molecule has 1 heteroatoms. The molecule has 37 heavy (non-hydrogen) atoms. The Labute approximate surface area is 221 Å². The van der Waals surface area contributed by atoms with E-state index in [-0.39, 0.29) is 0 Å². The quantitative estimate of drug-likeness (QED) is 0.153. The van der Waals surface area contributed by atoms with Crippen molar-refractivity contribution in [2.45, 2.75) is 0 Å². The van der Waals surface area contributed by atoms with Gasteiger partial charge in [-0.1, -0.05) is 0 Å². The second kappa shape index (κ2) is 8.18. The Morgan fingerprint density at radius 1 is 0.324 bits per heavy atom. The van der Waals surface area contributed by atoms with Crippen molar-refractivity contribution in [3.8, 4) is 22.3 Å². The van der Waals surface area contributed by atoms with Gasteiger partial charge in [-0.2, -0.15) is 0 Å². The molecule has 0 amide bonds.